The average molecular weight is 196 g/mol. The molecule has 0 radical (unpaired) electrons. The molecule has 0 aliphatic rings. The quantitative estimate of drug-likeness (QED) is 0.540. The Morgan fingerprint density at radius 1 is 1.07 bits per heavy atom. The summed E-state index contributed by atoms with van der Waals surface area (Å²) in [5.74, 6) is 0. The highest BCUT2D eigenvalue weighted by atomic mass is 14.9. The summed E-state index contributed by atoms with van der Waals surface area (Å²) in [7, 11) is 0. The van der Waals surface area contributed by atoms with Crippen molar-refractivity contribution < 1.29 is 0 Å². The van der Waals surface area contributed by atoms with Crippen molar-refractivity contribution in [3.05, 3.63) is 47.8 Å². The van der Waals surface area contributed by atoms with Crippen molar-refractivity contribution in [2.24, 2.45) is 0 Å². The first-order valence-electron chi connectivity index (χ1n) is 5.10. The minimum absolute atomic E-state index is 1.07. The van der Waals surface area contributed by atoms with Gasteiger partial charge in [0.25, 0.3) is 0 Å². The highest BCUT2D eigenvalue weighted by Crippen LogP contribution is 2.20. The molecule has 2 aromatic heterocycles. The van der Waals surface area contributed by atoms with Gasteiger partial charge in [0.05, 0.1) is 22.2 Å². The van der Waals surface area contributed by atoms with E-state index in [-0.39, 0.29) is 0 Å². The minimum atomic E-state index is 1.07. The number of benzene rings is 1. The Morgan fingerprint density at radius 3 is 2.80 bits per heavy atom. The zero-order chi connectivity index (χ0) is 10.4. The maximum absolute atomic E-state index is 4.62. The molecule has 0 aliphatic heterocycles. The van der Waals surface area contributed by atoms with Crippen molar-refractivity contribution in [2.75, 3.05) is 0 Å². The van der Waals surface area contributed by atoms with Crippen molar-refractivity contribution >= 4 is 16.6 Å². The lowest BCUT2D eigenvalue weighted by Crippen LogP contribution is -1.95. The van der Waals surface area contributed by atoms with Crippen LogP contribution < -0.4 is 0 Å². The van der Waals surface area contributed by atoms with Crippen LogP contribution in [0.5, 0.6) is 0 Å². The first-order valence-corrected chi connectivity index (χ1v) is 5.10. The molecule has 0 bridgehead atoms. The molecule has 15 heavy (non-hydrogen) atoms. The summed E-state index contributed by atoms with van der Waals surface area (Å²) in [6.45, 7) is 4.18. The predicted octanol–water partition coefficient (Wildman–Crippen LogP) is 3.10. The van der Waals surface area contributed by atoms with Crippen LogP contribution in [-0.2, 0) is 0 Å². The molecule has 0 saturated heterocycles. The number of fused-ring (bicyclic) bond motifs is 3. The summed E-state index contributed by atoms with van der Waals surface area (Å²) in [5.41, 5.74) is 5.82. The third kappa shape index (κ3) is 1.08. The molecule has 0 unspecified atom stereocenters. The lowest BCUT2D eigenvalue weighted by Gasteiger charge is -2.07. The number of hydrogen-bond acceptors (Lipinski definition) is 1. The summed E-state index contributed by atoms with van der Waals surface area (Å²) < 4.78 is 2.22. The van der Waals surface area contributed by atoms with E-state index in [1.165, 1.54) is 16.6 Å². The third-order valence-corrected chi connectivity index (χ3v) is 2.86. The van der Waals surface area contributed by atoms with Gasteiger partial charge in [-0.3, -0.25) is 0 Å². The van der Waals surface area contributed by atoms with Crippen LogP contribution >= 0.6 is 0 Å². The Morgan fingerprint density at radius 2 is 1.93 bits per heavy atom. The van der Waals surface area contributed by atoms with E-state index in [1.54, 1.807) is 0 Å². The lowest BCUT2D eigenvalue weighted by molar-refractivity contribution is 1.16. The second-order valence-electron chi connectivity index (χ2n) is 3.90. The fourth-order valence-corrected chi connectivity index (χ4v) is 2.16. The van der Waals surface area contributed by atoms with Crippen molar-refractivity contribution in [3.63, 3.8) is 0 Å². The smallest absolute Gasteiger partial charge is 0.0876 e. The second kappa shape index (κ2) is 2.83. The molecule has 3 aromatic rings. The molecule has 1 aromatic carbocycles. The van der Waals surface area contributed by atoms with Crippen LogP contribution in [0.2, 0.25) is 0 Å². The fourth-order valence-electron chi connectivity index (χ4n) is 2.16. The fraction of sp³-hybridized carbons (Fsp3) is 0.154. The zero-order valence-corrected chi connectivity index (χ0v) is 8.86. The van der Waals surface area contributed by atoms with Gasteiger partial charge in [0.2, 0.25) is 0 Å². The molecular formula is C13H12N2. The van der Waals surface area contributed by atoms with Crippen LogP contribution in [-0.4, -0.2) is 9.38 Å². The third-order valence-electron chi connectivity index (χ3n) is 2.86. The van der Waals surface area contributed by atoms with Gasteiger partial charge in [-0.2, -0.15) is 0 Å². The average Bonchev–Trinajstić information content (AvgIpc) is 2.66. The molecule has 3 rings (SSSR count). The highest BCUT2D eigenvalue weighted by molar-refractivity contribution is 5.82. The van der Waals surface area contributed by atoms with E-state index in [4.69, 9.17) is 0 Å². The van der Waals surface area contributed by atoms with Gasteiger partial charge >= 0.3 is 0 Å². The number of rotatable bonds is 0. The SMILES string of the molecule is Cc1nc2cccc(C)c2n2cccc12. The second-order valence-corrected chi connectivity index (χ2v) is 3.90. The molecule has 0 fully saturated rings. The van der Waals surface area contributed by atoms with E-state index in [0.717, 1.165) is 11.2 Å². The van der Waals surface area contributed by atoms with E-state index in [9.17, 15) is 0 Å². The van der Waals surface area contributed by atoms with Gasteiger partial charge in [-0.25, -0.2) is 4.98 Å². The van der Waals surface area contributed by atoms with Crippen LogP contribution in [0.3, 0.4) is 0 Å². The Balaban J connectivity index is 2.68. The molecule has 0 saturated carbocycles. The maximum atomic E-state index is 4.62. The van der Waals surface area contributed by atoms with Gasteiger partial charge in [-0.05, 0) is 37.6 Å². The zero-order valence-electron chi connectivity index (χ0n) is 8.86. The maximum Gasteiger partial charge on any atom is 0.0876 e. The number of hydrogen-bond donors (Lipinski definition) is 0. The van der Waals surface area contributed by atoms with Gasteiger partial charge in [0, 0.05) is 6.20 Å². The summed E-state index contributed by atoms with van der Waals surface area (Å²) in [4.78, 5) is 4.62. The highest BCUT2D eigenvalue weighted by Gasteiger charge is 2.05. The Kier molecular flexibility index (Phi) is 1.60. The molecule has 0 N–H and O–H groups in total. The van der Waals surface area contributed by atoms with Crippen LogP contribution in [0, 0.1) is 13.8 Å². The topological polar surface area (TPSA) is 17.3 Å². The van der Waals surface area contributed by atoms with Crippen LogP contribution in [0.4, 0.5) is 0 Å². The van der Waals surface area contributed by atoms with Crippen molar-refractivity contribution in [1.82, 2.24) is 9.38 Å². The van der Waals surface area contributed by atoms with E-state index < -0.39 is 0 Å². The Bertz CT molecular complexity index is 650. The van der Waals surface area contributed by atoms with E-state index in [2.05, 4.69) is 59.8 Å². The lowest BCUT2D eigenvalue weighted by atomic mass is 10.2. The van der Waals surface area contributed by atoms with Gasteiger partial charge in [-0.1, -0.05) is 12.1 Å². The number of aryl methyl sites for hydroxylation is 2. The number of para-hydroxylation sites is 1. The minimum Gasteiger partial charge on any atom is -0.313 e. The molecule has 2 nitrogen and oxygen atoms in total. The summed E-state index contributed by atoms with van der Waals surface area (Å²) in [6, 6.07) is 10.4. The van der Waals surface area contributed by atoms with Gasteiger partial charge in [0.1, 0.15) is 0 Å². The summed E-state index contributed by atoms with van der Waals surface area (Å²) in [6.07, 6.45) is 2.10. The molecule has 0 spiro atoms. The molecular weight excluding hydrogens is 184 g/mol. The van der Waals surface area contributed by atoms with Crippen molar-refractivity contribution in [3.8, 4) is 0 Å². The number of aromatic nitrogens is 2. The normalized spacial score (nSPS) is 11.3. The molecule has 2 heteroatoms. The molecule has 0 atom stereocenters. The first kappa shape index (κ1) is 8.48. The van der Waals surface area contributed by atoms with E-state index >= 15 is 0 Å². The summed E-state index contributed by atoms with van der Waals surface area (Å²) >= 11 is 0. The molecule has 0 amide bonds. The Labute approximate surface area is 88.2 Å². The van der Waals surface area contributed by atoms with E-state index in [1.807, 2.05) is 0 Å². The largest absolute Gasteiger partial charge is 0.313 e. The predicted molar refractivity (Wildman–Crippen MR) is 62.2 cm³/mol. The molecule has 0 aliphatic carbocycles. The van der Waals surface area contributed by atoms with Crippen molar-refractivity contribution in [2.45, 2.75) is 13.8 Å². The van der Waals surface area contributed by atoms with Gasteiger partial charge < -0.3 is 4.40 Å². The van der Waals surface area contributed by atoms with Gasteiger partial charge in [-0.15, -0.1) is 0 Å². The van der Waals surface area contributed by atoms with E-state index in [0.29, 0.717) is 0 Å². The van der Waals surface area contributed by atoms with Crippen LogP contribution in [0.1, 0.15) is 11.3 Å². The van der Waals surface area contributed by atoms with Gasteiger partial charge in [0.15, 0.2) is 0 Å². The summed E-state index contributed by atoms with van der Waals surface area (Å²) in [5, 5.41) is 0. The van der Waals surface area contributed by atoms with Crippen LogP contribution in [0.15, 0.2) is 36.5 Å². The van der Waals surface area contributed by atoms with Crippen LogP contribution in [0.25, 0.3) is 16.6 Å². The standard InChI is InChI=1S/C13H12N2/c1-9-5-3-6-11-13(9)15-8-4-7-12(15)10(2)14-11/h3-8H,1-2H3. The Hall–Kier alpha value is -1.83. The number of nitrogens with zero attached hydrogens (tertiary/aromatic N) is 2. The molecule has 74 valence electrons. The van der Waals surface area contributed by atoms with Crippen molar-refractivity contribution in [1.29, 1.82) is 0 Å². The first-order chi connectivity index (χ1) is 7.27. The molecule has 2 heterocycles. The monoisotopic (exact) mass is 196 g/mol.